The van der Waals surface area contributed by atoms with Gasteiger partial charge in [-0.25, -0.2) is 0 Å². The molecule has 0 aromatic heterocycles. The summed E-state index contributed by atoms with van der Waals surface area (Å²) >= 11 is 0. The van der Waals surface area contributed by atoms with Crippen molar-refractivity contribution in [1.29, 1.82) is 0 Å². The van der Waals surface area contributed by atoms with E-state index in [1.807, 2.05) is 6.20 Å². The third kappa shape index (κ3) is 0.929. The van der Waals surface area contributed by atoms with E-state index in [1.165, 1.54) is 11.3 Å². The van der Waals surface area contributed by atoms with E-state index in [-0.39, 0.29) is 0 Å². The van der Waals surface area contributed by atoms with E-state index in [1.54, 1.807) is 0 Å². The Morgan fingerprint density at radius 2 is 2.18 bits per heavy atom. The summed E-state index contributed by atoms with van der Waals surface area (Å²) in [6, 6.07) is 8.48. The van der Waals surface area contributed by atoms with Gasteiger partial charge in [-0.15, -0.1) is 0 Å². The second-order valence-electron chi connectivity index (χ2n) is 2.75. The highest BCUT2D eigenvalue weighted by Crippen LogP contribution is 2.26. The second kappa shape index (κ2) is 2.42. The molecule has 0 saturated heterocycles. The lowest BCUT2D eigenvalue weighted by Crippen LogP contribution is -2.10. The quantitative estimate of drug-likeness (QED) is 0.585. The zero-order chi connectivity index (χ0) is 7.68. The summed E-state index contributed by atoms with van der Waals surface area (Å²) in [5.41, 5.74) is 2.76. The number of nitrogens with zero attached hydrogens (tertiary/aromatic N) is 1. The molecule has 56 valence electrons. The Morgan fingerprint density at radius 1 is 1.36 bits per heavy atom. The summed E-state index contributed by atoms with van der Waals surface area (Å²) in [5, 5.41) is 0. The van der Waals surface area contributed by atoms with E-state index in [0.717, 1.165) is 13.0 Å². The molecule has 0 saturated carbocycles. The van der Waals surface area contributed by atoms with Crippen LogP contribution in [0.1, 0.15) is 5.56 Å². The Hall–Kier alpha value is -1.24. The summed E-state index contributed by atoms with van der Waals surface area (Å²) in [5.74, 6) is 0. The fourth-order valence-electron chi connectivity index (χ4n) is 1.55. The number of benzene rings is 1. The van der Waals surface area contributed by atoms with E-state index in [2.05, 4.69) is 35.7 Å². The first kappa shape index (κ1) is 6.47. The maximum absolute atomic E-state index is 3.77. The van der Waals surface area contributed by atoms with Gasteiger partial charge in [-0.3, -0.25) is 0 Å². The summed E-state index contributed by atoms with van der Waals surface area (Å²) in [7, 11) is 0. The van der Waals surface area contributed by atoms with Gasteiger partial charge in [0.25, 0.3) is 0 Å². The summed E-state index contributed by atoms with van der Waals surface area (Å²) in [6.07, 6.45) is 3.05. The zero-order valence-corrected chi connectivity index (χ0v) is 6.46. The topological polar surface area (TPSA) is 3.24 Å². The van der Waals surface area contributed by atoms with Crippen molar-refractivity contribution in [1.82, 2.24) is 0 Å². The molecule has 2 rings (SSSR count). The van der Waals surface area contributed by atoms with Gasteiger partial charge in [0, 0.05) is 12.2 Å². The van der Waals surface area contributed by atoms with Crippen LogP contribution < -0.4 is 4.90 Å². The smallest absolute Gasteiger partial charge is 0.0439 e. The van der Waals surface area contributed by atoms with Crippen molar-refractivity contribution >= 4 is 5.69 Å². The molecule has 1 nitrogen and oxygen atoms in total. The molecular formula is C10H11N. The minimum absolute atomic E-state index is 1.09. The predicted octanol–water partition coefficient (Wildman–Crippen LogP) is 2.19. The Kier molecular flexibility index (Phi) is 1.42. The molecule has 0 radical (unpaired) electrons. The van der Waals surface area contributed by atoms with Crippen LogP contribution in [0.5, 0.6) is 0 Å². The van der Waals surface area contributed by atoms with Gasteiger partial charge in [-0.1, -0.05) is 24.8 Å². The van der Waals surface area contributed by atoms with E-state index >= 15 is 0 Å². The first-order chi connectivity index (χ1) is 5.42. The van der Waals surface area contributed by atoms with Gasteiger partial charge in [0.1, 0.15) is 0 Å². The number of hydrogen-bond donors (Lipinski definition) is 0. The van der Waals surface area contributed by atoms with Crippen molar-refractivity contribution in [3.05, 3.63) is 42.6 Å². The van der Waals surface area contributed by atoms with Gasteiger partial charge < -0.3 is 4.90 Å². The van der Waals surface area contributed by atoms with Crippen LogP contribution in [0.4, 0.5) is 5.69 Å². The third-order valence-electron chi connectivity index (χ3n) is 2.14. The molecule has 0 amide bonds. The summed E-state index contributed by atoms with van der Waals surface area (Å²) < 4.78 is 0. The van der Waals surface area contributed by atoms with Crippen LogP contribution in [-0.4, -0.2) is 6.54 Å². The van der Waals surface area contributed by atoms with Crippen LogP contribution in [0, 0.1) is 0 Å². The molecule has 0 bridgehead atoms. The van der Waals surface area contributed by atoms with Gasteiger partial charge in [0.2, 0.25) is 0 Å². The number of anilines is 1. The molecule has 1 aliphatic heterocycles. The van der Waals surface area contributed by atoms with Crippen LogP contribution in [-0.2, 0) is 6.42 Å². The highest BCUT2D eigenvalue weighted by atomic mass is 15.1. The first-order valence-corrected chi connectivity index (χ1v) is 3.89. The van der Waals surface area contributed by atoms with Gasteiger partial charge in [-0.2, -0.15) is 0 Å². The monoisotopic (exact) mass is 145 g/mol. The van der Waals surface area contributed by atoms with Gasteiger partial charge >= 0.3 is 0 Å². The molecule has 1 aliphatic rings. The van der Waals surface area contributed by atoms with E-state index < -0.39 is 0 Å². The van der Waals surface area contributed by atoms with Crippen molar-refractivity contribution in [2.24, 2.45) is 0 Å². The molecule has 0 unspecified atom stereocenters. The predicted molar refractivity (Wildman–Crippen MR) is 47.7 cm³/mol. The molecule has 0 atom stereocenters. The van der Waals surface area contributed by atoms with Crippen LogP contribution in [0.25, 0.3) is 0 Å². The molecule has 0 spiro atoms. The number of fused-ring (bicyclic) bond motifs is 1. The SMILES string of the molecule is C=CN1CCc2ccccc21. The maximum Gasteiger partial charge on any atom is 0.0439 e. The van der Waals surface area contributed by atoms with Crippen molar-refractivity contribution in [3.63, 3.8) is 0 Å². The van der Waals surface area contributed by atoms with E-state index in [4.69, 9.17) is 0 Å². The standard InChI is InChI=1S/C10H11N/c1-2-11-8-7-9-5-3-4-6-10(9)11/h2-6H,1,7-8H2. The van der Waals surface area contributed by atoms with Crippen LogP contribution in [0.3, 0.4) is 0 Å². The Labute approximate surface area is 67.0 Å². The molecule has 0 fully saturated rings. The molecule has 1 aromatic rings. The highest BCUT2D eigenvalue weighted by Gasteiger charge is 2.14. The van der Waals surface area contributed by atoms with Gasteiger partial charge in [0.15, 0.2) is 0 Å². The van der Waals surface area contributed by atoms with Crippen molar-refractivity contribution in [2.75, 3.05) is 11.4 Å². The fourth-order valence-corrected chi connectivity index (χ4v) is 1.55. The molecule has 0 aliphatic carbocycles. The van der Waals surface area contributed by atoms with Crippen molar-refractivity contribution < 1.29 is 0 Å². The largest absolute Gasteiger partial charge is 0.348 e. The van der Waals surface area contributed by atoms with Gasteiger partial charge in [-0.05, 0) is 24.3 Å². The van der Waals surface area contributed by atoms with Crippen LogP contribution >= 0.6 is 0 Å². The minimum atomic E-state index is 1.09. The Balaban J connectivity index is 2.46. The maximum atomic E-state index is 3.77. The van der Waals surface area contributed by atoms with E-state index in [0.29, 0.717) is 0 Å². The summed E-state index contributed by atoms with van der Waals surface area (Å²) in [6.45, 7) is 4.85. The number of para-hydroxylation sites is 1. The number of rotatable bonds is 1. The summed E-state index contributed by atoms with van der Waals surface area (Å²) in [4.78, 5) is 2.19. The van der Waals surface area contributed by atoms with Crippen molar-refractivity contribution in [2.45, 2.75) is 6.42 Å². The average Bonchev–Trinajstić information content (AvgIpc) is 2.47. The normalized spacial score (nSPS) is 14.7. The lowest BCUT2D eigenvalue weighted by molar-refractivity contribution is 0.995. The number of hydrogen-bond acceptors (Lipinski definition) is 1. The second-order valence-corrected chi connectivity index (χ2v) is 2.75. The lowest BCUT2D eigenvalue weighted by Gasteiger charge is -2.11. The molecule has 11 heavy (non-hydrogen) atoms. The third-order valence-corrected chi connectivity index (χ3v) is 2.14. The Bertz CT molecular complexity index is 278. The van der Waals surface area contributed by atoms with E-state index in [9.17, 15) is 0 Å². The zero-order valence-electron chi connectivity index (χ0n) is 6.46. The lowest BCUT2D eigenvalue weighted by atomic mass is 10.2. The minimum Gasteiger partial charge on any atom is -0.348 e. The fraction of sp³-hybridized carbons (Fsp3) is 0.200. The molecule has 0 N–H and O–H groups in total. The molecule has 1 heterocycles. The van der Waals surface area contributed by atoms with Crippen molar-refractivity contribution in [3.8, 4) is 0 Å². The van der Waals surface area contributed by atoms with Crippen LogP contribution in [0.2, 0.25) is 0 Å². The average molecular weight is 145 g/mol. The molecular weight excluding hydrogens is 134 g/mol. The van der Waals surface area contributed by atoms with Gasteiger partial charge in [0.05, 0.1) is 0 Å². The molecule has 1 heteroatoms. The molecule has 1 aromatic carbocycles. The highest BCUT2D eigenvalue weighted by molar-refractivity contribution is 5.59. The van der Waals surface area contributed by atoms with Crippen LogP contribution in [0.15, 0.2) is 37.0 Å². The Morgan fingerprint density at radius 3 is 3.00 bits per heavy atom. The first-order valence-electron chi connectivity index (χ1n) is 3.89.